The first kappa shape index (κ1) is 10.1. The van der Waals surface area contributed by atoms with Gasteiger partial charge in [0.2, 0.25) is 0 Å². The van der Waals surface area contributed by atoms with Gasteiger partial charge in [-0.3, -0.25) is 0 Å². The molecule has 2 heterocycles. The van der Waals surface area contributed by atoms with E-state index in [0.717, 1.165) is 34.3 Å². The molecule has 0 aliphatic carbocycles. The van der Waals surface area contributed by atoms with Gasteiger partial charge in [-0.1, -0.05) is 18.2 Å². The first-order valence-electron chi connectivity index (χ1n) is 5.75. The fourth-order valence-corrected chi connectivity index (χ4v) is 2.16. The fraction of sp³-hybridized carbons (Fsp3) is 0.231. The molecule has 0 bridgehead atoms. The molecule has 1 N–H and O–H groups in total. The second-order valence-electron chi connectivity index (χ2n) is 4.06. The maximum Gasteiger partial charge on any atom is 0.154 e. The van der Waals surface area contributed by atoms with E-state index in [1.165, 1.54) is 0 Å². The summed E-state index contributed by atoms with van der Waals surface area (Å²) >= 11 is 0. The van der Waals surface area contributed by atoms with Gasteiger partial charge in [-0.2, -0.15) is 0 Å². The number of pyridine rings is 1. The number of anilines is 1. The third-order valence-electron chi connectivity index (χ3n) is 2.90. The lowest BCUT2D eigenvalue weighted by Crippen LogP contribution is -2.01. The Bertz CT molecular complexity index is 684. The maximum absolute atomic E-state index is 4.62. The second kappa shape index (κ2) is 3.73. The van der Waals surface area contributed by atoms with E-state index in [9.17, 15) is 0 Å². The monoisotopic (exact) mass is 226 g/mol. The van der Waals surface area contributed by atoms with Crippen molar-refractivity contribution in [2.24, 2.45) is 7.05 Å². The Balaban J connectivity index is 2.48. The van der Waals surface area contributed by atoms with Gasteiger partial charge in [0.15, 0.2) is 5.82 Å². The van der Waals surface area contributed by atoms with Crippen molar-refractivity contribution >= 4 is 27.8 Å². The molecule has 4 heteroatoms. The van der Waals surface area contributed by atoms with E-state index >= 15 is 0 Å². The highest BCUT2D eigenvalue weighted by Gasteiger charge is 2.11. The van der Waals surface area contributed by atoms with Crippen molar-refractivity contribution in [3.63, 3.8) is 0 Å². The Morgan fingerprint density at radius 1 is 1.29 bits per heavy atom. The highest BCUT2D eigenvalue weighted by molar-refractivity contribution is 6.06. The van der Waals surface area contributed by atoms with Gasteiger partial charge < -0.3 is 9.88 Å². The van der Waals surface area contributed by atoms with Crippen molar-refractivity contribution in [1.82, 2.24) is 14.5 Å². The first-order chi connectivity index (χ1) is 8.31. The molecular weight excluding hydrogens is 212 g/mol. The molecule has 0 atom stereocenters. The number of aryl methyl sites for hydroxylation is 1. The normalized spacial score (nSPS) is 11.2. The lowest BCUT2D eigenvalue weighted by atomic mass is 10.2. The summed E-state index contributed by atoms with van der Waals surface area (Å²) < 4.78 is 2.04. The Labute approximate surface area is 99.3 Å². The summed E-state index contributed by atoms with van der Waals surface area (Å²) in [5.74, 6) is 0.863. The number of para-hydroxylation sites is 1. The molecule has 17 heavy (non-hydrogen) atoms. The quantitative estimate of drug-likeness (QED) is 0.730. The highest BCUT2D eigenvalue weighted by Crippen LogP contribution is 2.27. The van der Waals surface area contributed by atoms with E-state index < -0.39 is 0 Å². The number of benzene rings is 1. The van der Waals surface area contributed by atoms with Crippen molar-refractivity contribution in [2.75, 3.05) is 11.9 Å². The molecular formula is C13H14N4. The third kappa shape index (κ3) is 1.45. The van der Waals surface area contributed by atoms with Gasteiger partial charge in [-0.25, -0.2) is 9.97 Å². The topological polar surface area (TPSA) is 42.7 Å². The lowest BCUT2D eigenvalue weighted by Gasteiger charge is -2.07. The van der Waals surface area contributed by atoms with Crippen molar-refractivity contribution in [3.05, 3.63) is 30.6 Å². The fourth-order valence-electron chi connectivity index (χ4n) is 2.16. The summed E-state index contributed by atoms with van der Waals surface area (Å²) in [5, 5.41) is 4.41. The molecule has 2 aromatic heterocycles. The molecule has 4 nitrogen and oxygen atoms in total. The molecule has 0 spiro atoms. The largest absolute Gasteiger partial charge is 0.368 e. The number of nitrogens with zero attached hydrogens (tertiary/aromatic N) is 3. The van der Waals surface area contributed by atoms with Crippen LogP contribution in [-0.4, -0.2) is 21.1 Å². The number of imidazole rings is 1. The molecule has 3 rings (SSSR count). The van der Waals surface area contributed by atoms with Gasteiger partial charge in [-0.15, -0.1) is 0 Å². The summed E-state index contributed by atoms with van der Waals surface area (Å²) in [6.07, 6.45) is 1.83. The number of rotatable bonds is 2. The molecule has 0 aliphatic heterocycles. The predicted molar refractivity (Wildman–Crippen MR) is 70.2 cm³/mol. The maximum atomic E-state index is 4.62. The molecule has 0 unspecified atom stereocenters. The van der Waals surface area contributed by atoms with Gasteiger partial charge in [0.25, 0.3) is 0 Å². The zero-order valence-electron chi connectivity index (χ0n) is 9.94. The predicted octanol–water partition coefficient (Wildman–Crippen LogP) is 2.55. The minimum Gasteiger partial charge on any atom is -0.368 e. The molecule has 0 aliphatic rings. The van der Waals surface area contributed by atoms with Gasteiger partial charge in [0.05, 0.1) is 17.4 Å². The minimum absolute atomic E-state index is 0.844. The zero-order valence-corrected chi connectivity index (χ0v) is 9.94. The van der Waals surface area contributed by atoms with Crippen molar-refractivity contribution in [1.29, 1.82) is 0 Å². The van der Waals surface area contributed by atoms with E-state index in [-0.39, 0.29) is 0 Å². The minimum atomic E-state index is 0.844. The molecule has 1 aromatic carbocycles. The van der Waals surface area contributed by atoms with Crippen molar-refractivity contribution in [2.45, 2.75) is 6.92 Å². The van der Waals surface area contributed by atoms with Gasteiger partial charge in [0.1, 0.15) is 5.52 Å². The zero-order chi connectivity index (χ0) is 11.8. The second-order valence-corrected chi connectivity index (χ2v) is 4.06. The van der Waals surface area contributed by atoms with Crippen LogP contribution in [0.3, 0.4) is 0 Å². The Morgan fingerprint density at radius 3 is 2.94 bits per heavy atom. The van der Waals surface area contributed by atoms with Crippen LogP contribution in [0.25, 0.3) is 21.9 Å². The summed E-state index contributed by atoms with van der Waals surface area (Å²) in [4.78, 5) is 9.04. The number of nitrogens with one attached hydrogen (secondary N) is 1. The summed E-state index contributed by atoms with van der Waals surface area (Å²) in [7, 11) is 2.01. The van der Waals surface area contributed by atoms with Gasteiger partial charge in [0, 0.05) is 19.0 Å². The summed E-state index contributed by atoms with van der Waals surface area (Å²) in [6.45, 7) is 2.91. The Kier molecular flexibility index (Phi) is 2.21. The van der Waals surface area contributed by atoms with E-state index in [1.54, 1.807) is 0 Å². The SMILES string of the molecule is CCNc1nc2ccccc2c2c1ncn2C. The van der Waals surface area contributed by atoms with Crippen LogP contribution in [0.4, 0.5) is 5.82 Å². The van der Waals surface area contributed by atoms with Crippen LogP contribution in [0.15, 0.2) is 30.6 Å². The molecule has 0 saturated carbocycles. The van der Waals surface area contributed by atoms with Crippen molar-refractivity contribution < 1.29 is 0 Å². The van der Waals surface area contributed by atoms with Crippen molar-refractivity contribution in [3.8, 4) is 0 Å². The van der Waals surface area contributed by atoms with Crippen LogP contribution in [0.2, 0.25) is 0 Å². The third-order valence-corrected chi connectivity index (χ3v) is 2.90. The molecule has 0 fully saturated rings. The van der Waals surface area contributed by atoms with Gasteiger partial charge in [-0.05, 0) is 13.0 Å². The Hall–Kier alpha value is -2.10. The Morgan fingerprint density at radius 2 is 2.12 bits per heavy atom. The number of aromatic nitrogens is 3. The van der Waals surface area contributed by atoms with Crippen LogP contribution < -0.4 is 5.32 Å². The average molecular weight is 226 g/mol. The van der Waals surface area contributed by atoms with Gasteiger partial charge >= 0.3 is 0 Å². The molecule has 0 saturated heterocycles. The van der Waals surface area contributed by atoms with E-state index in [4.69, 9.17) is 0 Å². The standard InChI is InChI=1S/C13H14N4/c1-3-14-13-11-12(17(2)8-15-11)9-6-4-5-7-10(9)16-13/h4-8H,3H2,1-2H3,(H,14,16). The molecule has 86 valence electrons. The number of fused-ring (bicyclic) bond motifs is 3. The smallest absolute Gasteiger partial charge is 0.154 e. The number of hydrogen-bond donors (Lipinski definition) is 1. The molecule has 0 amide bonds. The van der Waals surface area contributed by atoms with Crippen LogP contribution in [0.1, 0.15) is 6.92 Å². The first-order valence-corrected chi connectivity index (χ1v) is 5.75. The van der Waals surface area contributed by atoms with Crippen LogP contribution in [0.5, 0.6) is 0 Å². The summed E-state index contributed by atoms with van der Waals surface area (Å²) in [6, 6.07) is 8.15. The molecule has 3 aromatic rings. The molecule has 0 radical (unpaired) electrons. The average Bonchev–Trinajstić information content (AvgIpc) is 2.73. The lowest BCUT2D eigenvalue weighted by molar-refractivity contribution is 0.951. The van der Waals surface area contributed by atoms with Crippen LogP contribution in [0, 0.1) is 0 Å². The summed E-state index contributed by atoms with van der Waals surface area (Å²) in [5.41, 5.74) is 3.07. The van der Waals surface area contributed by atoms with E-state index in [2.05, 4.69) is 28.3 Å². The van der Waals surface area contributed by atoms with Crippen LogP contribution in [-0.2, 0) is 7.05 Å². The highest BCUT2D eigenvalue weighted by atomic mass is 15.1. The van der Waals surface area contributed by atoms with E-state index in [1.807, 2.05) is 36.1 Å². The van der Waals surface area contributed by atoms with E-state index in [0.29, 0.717) is 0 Å². The van der Waals surface area contributed by atoms with Crippen LogP contribution >= 0.6 is 0 Å². The number of hydrogen-bond acceptors (Lipinski definition) is 3.